The van der Waals surface area contributed by atoms with Gasteiger partial charge in [0, 0.05) is 30.4 Å². The first kappa shape index (κ1) is 20.7. The van der Waals surface area contributed by atoms with Crippen molar-refractivity contribution in [1.29, 1.82) is 0 Å². The molecule has 0 fully saturated rings. The van der Waals surface area contributed by atoms with E-state index in [1.54, 1.807) is 30.6 Å². The Bertz CT molecular complexity index is 1110. The van der Waals surface area contributed by atoms with Crippen LogP contribution in [0.25, 0.3) is 11.3 Å². The molecule has 148 valence electrons. The molecule has 0 aliphatic rings. The molecule has 0 saturated heterocycles. The van der Waals surface area contributed by atoms with Crippen LogP contribution in [0.1, 0.15) is 17.3 Å². The number of pyridine rings is 2. The predicted molar refractivity (Wildman–Crippen MR) is 112 cm³/mol. The number of ketones is 1. The van der Waals surface area contributed by atoms with Gasteiger partial charge < -0.3 is 0 Å². The van der Waals surface area contributed by atoms with Crippen LogP contribution >= 0.6 is 11.8 Å². The third-order valence-electron chi connectivity index (χ3n) is 3.87. The van der Waals surface area contributed by atoms with E-state index in [1.165, 1.54) is 37.4 Å². The molecule has 2 heterocycles. The minimum atomic E-state index is -3.83. The highest BCUT2D eigenvalue weighted by Gasteiger charge is 2.16. The predicted octanol–water partition coefficient (Wildman–Crippen LogP) is 3.41. The van der Waals surface area contributed by atoms with Gasteiger partial charge in [-0.15, -0.1) is 0 Å². The molecule has 0 bridgehead atoms. The molecule has 29 heavy (non-hydrogen) atoms. The minimum Gasteiger partial charge on any atom is -0.293 e. The molecule has 0 saturated carbocycles. The standard InChI is InChI=1S/C20H17N3O4S2/c1-14(24)28-13-20(25)15-4-7-18(8-5-15)29(26,27)23-17-6-9-19(22-12-17)16-3-2-10-21-11-16/h2-12,23H,13H2,1H3. The second kappa shape index (κ2) is 8.97. The number of benzene rings is 1. The topological polar surface area (TPSA) is 106 Å². The lowest BCUT2D eigenvalue weighted by Gasteiger charge is -2.09. The molecule has 2 aromatic heterocycles. The van der Waals surface area contributed by atoms with Gasteiger partial charge in [-0.2, -0.15) is 0 Å². The van der Waals surface area contributed by atoms with Crippen molar-refractivity contribution < 1.29 is 18.0 Å². The lowest BCUT2D eigenvalue weighted by molar-refractivity contribution is -0.109. The summed E-state index contributed by atoms with van der Waals surface area (Å²) in [6.07, 6.45) is 4.76. The number of thioether (sulfide) groups is 1. The Morgan fingerprint density at radius 3 is 2.38 bits per heavy atom. The number of anilines is 1. The molecule has 1 aromatic carbocycles. The quantitative estimate of drug-likeness (QED) is 0.576. The van der Waals surface area contributed by atoms with Crippen LogP contribution in [0.3, 0.4) is 0 Å². The molecular weight excluding hydrogens is 410 g/mol. The summed E-state index contributed by atoms with van der Waals surface area (Å²) in [5.41, 5.74) is 2.16. The highest BCUT2D eigenvalue weighted by molar-refractivity contribution is 8.14. The van der Waals surface area contributed by atoms with Crippen LogP contribution < -0.4 is 4.72 Å². The average Bonchev–Trinajstić information content (AvgIpc) is 2.73. The van der Waals surface area contributed by atoms with Crippen LogP contribution in [0.5, 0.6) is 0 Å². The van der Waals surface area contributed by atoms with Crippen LogP contribution in [-0.2, 0) is 14.8 Å². The second-order valence-corrected chi connectivity index (χ2v) is 8.84. The van der Waals surface area contributed by atoms with Gasteiger partial charge in [0.15, 0.2) is 10.9 Å². The average molecular weight is 428 g/mol. The summed E-state index contributed by atoms with van der Waals surface area (Å²) in [6, 6.07) is 12.5. The molecular formula is C20H17N3O4S2. The number of hydrogen-bond donors (Lipinski definition) is 1. The Kier molecular flexibility index (Phi) is 6.40. The van der Waals surface area contributed by atoms with Gasteiger partial charge in [-0.1, -0.05) is 23.9 Å². The Morgan fingerprint density at radius 1 is 1.03 bits per heavy atom. The summed E-state index contributed by atoms with van der Waals surface area (Å²) in [5.74, 6) is -0.216. The molecule has 0 unspecified atom stereocenters. The Balaban J connectivity index is 1.71. The van der Waals surface area contributed by atoms with Gasteiger partial charge in [0.25, 0.3) is 10.0 Å². The molecule has 3 rings (SSSR count). The number of carbonyl (C=O) groups is 2. The molecule has 3 aromatic rings. The molecule has 7 nitrogen and oxygen atoms in total. The maximum Gasteiger partial charge on any atom is 0.261 e. The summed E-state index contributed by atoms with van der Waals surface area (Å²) in [6.45, 7) is 1.39. The van der Waals surface area contributed by atoms with E-state index < -0.39 is 10.0 Å². The van der Waals surface area contributed by atoms with Crippen molar-refractivity contribution in [3.63, 3.8) is 0 Å². The number of rotatable bonds is 7. The van der Waals surface area contributed by atoms with Crippen LogP contribution in [0.15, 0.2) is 72.0 Å². The van der Waals surface area contributed by atoms with E-state index in [1.807, 2.05) is 6.07 Å². The Hall–Kier alpha value is -3.04. The van der Waals surface area contributed by atoms with Crippen molar-refractivity contribution in [3.05, 3.63) is 72.7 Å². The van der Waals surface area contributed by atoms with Crippen molar-refractivity contribution in [2.75, 3.05) is 10.5 Å². The van der Waals surface area contributed by atoms with Gasteiger partial charge in [-0.25, -0.2) is 8.42 Å². The monoisotopic (exact) mass is 427 g/mol. The van der Waals surface area contributed by atoms with Gasteiger partial charge in [0.05, 0.1) is 28.2 Å². The zero-order valence-corrected chi connectivity index (χ0v) is 17.0. The van der Waals surface area contributed by atoms with E-state index in [-0.39, 0.29) is 21.5 Å². The van der Waals surface area contributed by atoms with E-state index in [9.17, 15) is 18.0 Å². The normalized spacial score (nSPS) is 11.1. The van der Waals surface area contributed by atoms with Crippen molar-refractivity contribution in [1.82, 2.24) is 9.97 Å². The highest BCUT2D eigenvalue weighted by atomic mass is 32.2. The van der Waals surface area contributed by atoms with Crippen molar-refractivity contribution in [2.45, 2.75) is 11.8 Å². The zero-order chi connectivity index (χ0) is 20.9. The maximum absolute atomic E-state index is 12.6. The van der Waals surface area contributed by atoms with Crippen LogP contribution in [0.2, 0.25) is 0 Å². The number of carbonyl (C=O) groups excluding carboxylic acids is 2. The summed E-state index contributed by atoms with van der Waals surface area (Å²) >= 11 is 0.915. The van der Waals surface area contributed by atoms with Gasteiger partial charge in [-0.3, -0.25) is 24.3 Å². The fourth-order valence-electron chi connectivity index (χ4n) is 2.42. The molecule has 9 heteroatoms. The highest BCUT2D eigenvalue weighted by Crippen LogP contribution is 2.20. The van der Waals surface area contributed by atoms with Crippen molar-refractivity contribution >= 4 is 38.4 Å². The lowest BCUT2D eigenvalue weighted by Crippen LogP contribution is -2.13. The number of nitrogens with zero attached hydrogens (tertiary/aromatic N) is 2. The molecule has 1 N–H and O–H groups in total. The third-order valence-corrected chi connectivity index (χ3v) is 6.08. The summed E-state index contributed by atoms with van der Waals surface area (Å²) in [4.78, 5) is 31.3. The molecule has 0 amide bonds. The van der Waals surface area contributed by atoms with E-state index in [4.69, 9.17) is 0 Å². The molecule has 0 spiro atoms. The molecule has 0 aliphatic carbocycles. The van der Waals surface area contributed by atoms with Crippen molar-refractivity contribution in [3.8, 4) is 11.3 Å². The fourth-order valence-corrected chi connectivity index (χ4v) is 3.97. The van der Waals surface area contributed by atoms with Gasteiger partial charge >= 0.3 is 0 Å². The van der Waals surface area contributed by atoms with Crippen LogP contribution in [0, 0.1) is 0 Å². The number of aromatic nitrogens is 2. The SMILES string of the molecule is CC(=O)SCC(=O)c1ccc(S(=O)(=O)Nc2ccc(-c3cccnc3)nc2)cc1. The lowest BCUT2D eigenvalue weighted by atomic mass is 10.1. The van der Waals surface area contributed by atoms with Crippen LogP contribution in [-0.4, -0.2) is 35.0 Å². The molecule has 0 radical (unpaired) electrons. The first-order valence-corrected chi connectivity index (χ1v) is 11.0. The summed E-state index contributed by atoms with van der Waals surface area (Å²) < 4.78 is 27.6. The molecule has 0 aliphatic heterocycles. The van der Waals surface area contributed by atoms with Gasteiger partial charge in [0.2, 0.25) is 0 Å². The van der Waals surface area contributed by atoms with Gasteiger partial charge in [-0.05, 0) is 36.4 Å². The first-order chi connectivity index (χ1) is 13.8. The molecule has 0 atom stereocenters. The second-order valence-electron chi connectivity index (χ2n) is 6.01. The van der Waals surface area contributed by atoms with E-state index in [0.29, 0.717) is 16.9 Å². The zero-order valence-electron chi connectivity index (χ0n) is 15.4. The van der Waals surface area contributed by atoms with E-state index in [0.717, 1.165) is 17.3 Å². The largest absolute Gasteiger partial charge is 0.293 e. The summed E-state index contributed by atoms with van der Waals surface area (Å²) in [7, 11) is -3.83. The number of nitrogens with one attached hydrogen (secondary N) is 1. The van der Waals surface area contributed by atoms with E-state index in [2.05, 4.69) is 14.7 Å². The summed E-state index contributed by atoms with van der Waals surface area (Å²) in [5, 5.41) is -0.148. The van der Waals surface area contributed by atoms with E-state index >= 15 is 0 Å². The minimum absolute atomic E-state index is 0.0182. The van der Waals surface area contributed by atoms with Crippen LogP contribution in [0.4, 0.5) is 5.69 Å². The maximum atomic E-state index is 12.6. The smallest absolute Gasteiger partial charge is 0.261 e. The Morgan fingerprint density at radius 2 is 1.79 bits per heavy atom. The third kappa shape index (κ3) is 5.49. The number of sulfonamides is 1. The Labute approximate surface area is 172 Å². The van der Waals surface area contributed by atoms with Crippen molar-refractivity contribution in [2.24, 2.45) is 0 Å². The van der Waals surface area contributed by atoms with Gasteiger partial charge in [0.1, 0.15) is 0 Å². The first-order valence-electron chi connectivity index (χ1n) is 8.51. The fraction of sp³-hybridized carbons (Fsp3) is 0.100. The number of Topliss-reactive ketones (excluding diaryl/α,β-unsaturated/α-hetero) is 1. The number of hydrogen-bond acceptors (Lipinski definition) is 7.